The lowest BCUT2D eigenvalue weighted by Crippen LogP contribution is -2.32. The van der Waals surface area contributed by atoms with Crippen molar-refractivity contribution in [3.05, 3.63) is 22.3 Å². The monoisotopic (exact) mass is 309 g/mol. The Labute approximate surface area is 113 Å². The van der Waals surface area contributed by atoms with E-state index >= 15 is 0 Å². The Morgan fingerprint density at radius 1 is 1.33 bits per heavy atom. The normalized spacial score (nSPS) is 26.4. The third-order valence-corrected chi connectivity index (χ3v) is 3.99. The van der Waals surface area contributed by atoms with Crippen molar-refractivity contribution in [2.45, 2.75) is 6.92 Å². The molecule has 2 aliphatic rings. The Hall–Kier alpha value is -1.43. The number of hydrogen-bond acceptors (Lipinski definition) is 4. The topological polar surface area (TPSA) is 62.3 Å². The van der Waals surface area contributed by atoms with Crippen LogP contribution in [0.5, 0.6) is 0 Å². The molecule has 1 aromatic heterocycles. The molecule has 0 saturated carbocycles. The predicted octanol–water partition coefficient (Wildman–Crippen LogP) is 0.861. The van der Waals surface area contributed by atoms with Gasteiger partial charge in [0.15, 0.2) is 0 Å². The highest BCUT2D eigenvalue weighted by Gasteiger charge is 2.48. The lowest BCUT2D eigenvalue weighted by Gasteiger charge is -2.20. The van der Waals surface area contributed by atoms with Crippen LogP contribution in [0.25, 0.3) is 0 Å². The number of hydrogen-bond donors (Lipinski definition) is 1. The van der Waals surface area contributed by atoms with Crippen LogP contribution in [0.2, 0.25) is 0 Å². The Morgan fingerprint density at radius 3 is 2.50 bits per heavy atom. The highest BCUT2D eigenvalue weighted by Crippen LogP contribution is 2.32. The van der Waals surface area contributed by atoms with Crippen molar-refractivity contribution in [3.63, 3.8) is 0 Å². The zero-order valence-electron chi connectivity index (χ0n) is 9.81. The number of carbonyl (C=O) groups excluding carboxylic acids is 2. The number of pyridine rings is 1. The summed E-state index contributed by atoms with van der Waals surface area (Å²) in [5.41, 5.74) is 1.04. The zero-order chi connectivity index (χ0) is 12.9. The molecule has 2 fully saturated rings. The van der Waals surface area contributed by atoms with E-state index in [0.717, 1.165) is 15.9 Å². The van der Waals surface area contributed by atoms with Crippen LogP contribution in [-0.4, -0.2) is 29.9 Å². The molecule has 2 atom stereocenters. The summed E-state index contributed by atoms with van der Waals surface area (Å²) >= 11 is 3.37. The molecule has 0 unspecified atom stereocenters. The molecular weight excluding hydrogens is 298 g/mol. The number of halogens is 1. The minimum Gasteiger partial charge on any atom is -0.355 e. The van der Waals surface area contributed by atoms with Gasteiger partial charge in [-0.1, -0.05) is 0 Å². The smallest absolute Gasteiger partial charge is 0.232 e. The summed E-state index contributed by atoms with van der Waals surface area (Å²) in [4.78, 5) is 29.6. The number of fused-ring (bicyclic) bond motifs is 1. The van der Waals surface area contributed by atoms with E-state index in [0.29, 0.717) is 13.1 Å². The molecule has 1 N–H and O–H groups in total. The van der Waals surface area contributed by atoms with E-state index < -0.39 is 0 Å². The molecular formula is C12H12BrN3O2. The van der Waals surface area contributed by atoms with Crippen molar-refractivity contribution < 1.29 is 9.59 Å². The van der Waals surface area contributed by atoms with Crippen LogP contribution in [0.3, 0.4) is 0 Å². The summed E-state index contributed by atoms with van der Waals surface area (Å²) in [5, 5.41) is 2.38. The third-order valence-electron chi connectivity index (χ3n) is 3.56. The molecule has 3 heterocycles. The molecule has 1 aromatic rings. The molecule has 0 radical (unpaired) electrons. The van der Waals surface area contributed by atoms with Gasteiger partial charge in [-0.25, -0.2) is 4.98 Å². The molecule has 0 spiro atoms. The van der Waals surface area contributed by atoms with Gasteiger partial charge in [-0.05, 0) is 34.5 Å². The van der Waals surface area contributed by atoms with Gasteiger partial charge >= 0.3 is 0 Å². The van der Waals surface area contributed by atoms with E-state index in [1.165, 1.54) is 0 Å². The average Bonchev–Trinajstić information content (AvgIpc) is 2.82. The molecule has 0 aliphatic carbocycles. The first-order chi connectivity index (χ1) is 8.56. The van der Waals surface area contributed by atoms with Gasteiger partial charge in [0.2, 0.25) is 11.8 Å². The van der Waals surface area contributed by atoms with Crippen molar-refractivity contribution in [2.24, 2.45) is 11.8 Å². The van der Waals surface area contributed by atoms with Gasteiger partial charge in [0.1, 0.15) is 5.82 Å². The number of anilines is 1. The van der Waals surface area contributed by atoms with Crippen LogP contribution in [0, 0.1) is 18.8 Å². The largest absolute Gasteiger partial charge is 0.355 e. The van der Waals surface area contributed by atoms with Crippen LogP contribution in [-0.2, 0) is 9.59 Å². The van der Waals surface area contributed by atoms with Gasteiger partial charge in [-0.15, -0.1) is 0 Å². The molecule has 94 valence electrons. The number of nitrogens with zero attached hydrogens (tertiary/aromatic N) is 2. The van der Waals surface area contributed by atoms with E-state index in [1.54, 1.807) is 6.20 Å². The SMILES string of the molecule is Cc1cc(Br)cnc1N1C[C@@H]2C(=O)NC(=O)[C@@H]2C1. The molecule has 5 nitrogen and oxygen atoms in total. The number of aromatic nitrogens is 1. The number of aryl methyl sites for hydroxylation is 1. The molecule has 0 aromatic carbocycles. The standard InChI is InChI=1S/C12H12BrN3O2/c1-6-2-7(13)3-14-10(6)16-4-8-9(5-16)12(18)15-11(8)17/h2-3,8-9H,4-5H2,1H3,(H,15,17,18)/t8-,9+. The Balaban J connectivity index is 1.88. The second-order valence-electron chi connectivity index (χ2n) is 4.77. The number of amides is 2. The summed E-state index contributed by atoms with van der Waals surface area (Å²) in [5.74, 6) is 0.113. The van der Waals surface area contributed by atoms with Crippen LogP contribution in [0.4, 0.5) is 5.82 Å². The Morgan fingerprint density at radius 2 is 1.94 bits per heavy atom. The van der Waals surface area contributed by atoms with Gasteiger partial charge in [-0.2, -0.15) is 0 Å². The molecule has 2 saturated heterocycles. The van der Waals surface area contributed by atoms with Crippen LogP contribution >= 0.6 is 15.9 Å². The van der Waals surface area contributed by atoms with Crippen molar-refractivity contribution in [1.82, 2.24) is 10.3 Å². The molecule has 18 heavy (non-hydrogen) atoms. The first-order valence-electron chi connectivity index (χ1n) is 5.78. The fourth-order valence-electron chi connectivity index (χ4n) is 2.68. The van der Waals surface area contributed by atoms with E-state index in [4.69, 9.17) is 0 Å². The maximum atomic E-state index is 11.6. The molecule has 2 aliphatic heterocycles. The summed E-state index contributed by atoms with van der Waals surface area (Å²) in [7, 11) is 0. The lowest BCUT2D eigenvalue weighted by atomic mass is 10.00. The summed E-state index contributed by atoms with van der Waals surface area (Å²) < 4.78 is 0.928. The van der Waals surface area contributed by atoms with E-state index in [1.807, 2.05) is 17.9 Å². The fourth-order valence-corrected chi connectivity index (χ4v) is 3.12. The molecule has 2 amide bonds. The first kappa shape index (κ1) is 11.6. The van der Waals surface area contributed by atoms with Crippen LogP contribution in [0.1, 0.15) is 5.56 Å². The first-order valence-corrected chi connectivity index (χ1v) is 6.57. The minimum absolute atomic E-state index is 0.151. The Kier molecular flexibility index (Phi) is 2.62. The number of nitrogens with one attached hydrogen (secondary N) is 1. The number of imide groups is 1. The maximum Gasteiger partial charge on any atom is 0.232 e. The van der Waals surface area contributed by atoms with E-state index in [9.17, 15) is 9.59 Å². The molecule has 3 rings (SSSR count). The predicted molar refractivity (Wildman–Crippen MR) is 69.0 cm³/mol. The van der Waals surface area contributed by atoms with Crippen LogP contribution in [0.15, 0.2) is 16.7 Å². The maximum absolute atomic E-state index is 11.6. The average molecular weight is 310 g/mol. The highest BCUT2D eigenvalue weighted by atomic mass is 79.9. The zero-order valence-corrected chi connectivity index (χ0v) is 11.4. The van der Waals surface area contributed by atoms with Crippen molar-refractivity contribution in [3.8, 4) is 0 Å². The second-order valence-corrected chi connectivity index (χ2v) is 5.68. The number of rotatable bonds is 1. The highest BCUT2D eigenvalue weighted by molar-refractivity contribution is 9.10. The second kappa shape index (κ2) is 4.05. The van der Waals surface area contributed by atoms with Gasteiger partial charge in [0.25, 0.3) is 0 Å². The summed E-state index contributed by atoms with van der Waals surface area (Å²) in [6.07, 6.45) is 1.73. The number of carbonyl (C=O) groups is 2. The lowest BCUT2D eigenvalue weighted by molar-refractivity contribution is -0.126. The summed E-state index contributed by atoms with van der Waals surface area (Å²) in [6, 6.07) is 1.98. The fraction of sp³-hybridized carbons (Fsp3) is 0.417. The third kappa shape index (κ3) is 1.71. The summed E-state index contributed by atoms with van der Waals surface area (Å²) in [6.45, 7) is 3.11. The van der Waals surface area contributed by atoms with Crippen molar-refractivity contribution >= 4 is 33.6 Å². The van der Waals surface area contributed by atoms with Crippen LogP contribution < -0.4 is 10.2 Å². The van der Waals surface area contributed by atoms with E-state index in [2.05, 4.69) is 26.2 Å². The van der Waals surface area contributed by atoms with E-state index in [-0.39, 0.29) is 23.7 Å². The van der Waals surface area contributed by atoms with Gasteiger partial charge < -0.3 is 4.90 Å². The molecule has 0 bridgehead atoms. The van der Waals surface area contributed by atoms with Gasteiger partial charge in [0.05, 0.1) is 11.8 Å². The van der Waals surface area contributed by atoms with Gasteiger partial charge in [0, 0.05) is 23.8 Å². The Bertz CT molecular complexity index is 524. The van der Waals surface area contributed by atoms with Gasteiger partial charge in [-0.3, -0.25) is 14.9 Å². The minimum atomic E-state index is -0.220. The quantitative estimate of drug-likeness (QED) is 0.782. The van der Waals surface area contributed by atoms with Crippen molar-refractivity contribution in [2.75, 3.05) is 18.0 Å². The molecule has 6 heteroatoms. The van der Waals surface area contributed by atoms with Crippen molar-refractivity contribution in [1.29, 1.82) is 0 Å².